The Kier molecular flexibility index (Phi) is 3.92. The lowest BCUT2D eigenvalue weighted by atomic mass is 9.96. The normalized spacial score (nSPS) is 23.9. The number of hydrogen-bond donors (Lipinski definition) is 0. The Balaban J connectivity index is 1.48. The lowest BCUT2D eigenvalue weighted by molar-refractivity contribution is 0.0748. The van der Waals surface area contributed by atoms with E-state index in [4.69, 9.17) is 4.52 Å². The zero-order valence-electron chi connectivity index (χ0n) is 13.8. The Morgan fingerprint density at radius 2 is 1.92 bits per heavy atom. The van der Waals surface area contributed by atoms with Crippen LogP contribution in [0.25, 0.3) is 0 Å². The first-order chi connectivity index (χ1) is 11.7. The molecule has 2 aromatic rings. The molecule has 4 rings (SSSR count). The molecule has 1 amide bonds. The van der Waals surface area contributed by atoms with Crippen molar-refractivity contribution in [2.45, 2.75) is 32.2 Å². The van der Waals surface area contributed by atoms with E-state index >= 15 is 0 Å². The third-order valence-corrected chi connectivity index (χ3v) is 5.09. The Labute approximate surface area is 140 Å². The zero-order valence-corrected chi connectivity index (χ0v) is 13.8. The van der Waals surface area contributed by atoms with Crippen molar-refractivity contribution in [2.24, 2.45) is 5.92 Å². The minimum absolute atomic E-state index is 0.0330. The highest BCUT2D eigenvalue weighted by Crippen LogP contribution is 2.34. The van der Waals surface area contributed by atoms with E-state index in [1.807, 2.05) is 11.0 Å². The highest BCUT2D eigenvalue weighted by atomic mass is 16.5. The van der Waals surface area contributed by atoms with Gasteiger partial charge in [-0.2, -0.15) is 0 Å². The van der Waals surface area contributed by atoms with Gasteiger partial charge in [0.25, 0.3) is 5.91 Å². The molecule has 7 heteroatoms. The van der Waals surface area contributed by atoms with Crippen LogP contribution in [-0.4, -0.2) is 51.6 Å². The van der Waals surface area contributed by atoms with E-state index in [0.29, 0.717) is 23.4 Å². The van der Waals surface area contributed by atoms with Crippen molar-refractivity contribution in [3.63, 3.8) is 0 Å². The minimum atomic E-state index is -0.0330. The van der Waals surface area contributed by atoms with E-state index in [-0.39, 0.29) is 5.91 Å². The molecule has 24 heavy (non-hydrogen) atoms. The maximum absolute atomic E-state index is 12.6. The molecule has 0 saturated carbocycles. The summed E-state index contributed by atoms with van der Waals surface area (Å²) >= 11 is 0. The summed E-state index contributed by atoms with van der Waals surface area (Å²) in [5.74, 6) is 2.02. The van der Waals surface area contributed by atoms with Crippen molar-refractivity contribution >= 4 is 11.9 Å². The van der Waals surface area contributed by atoms with Gasteiger partial charge in [0.05, 0.1) is 0 Å². The van der Waals surface area contributed by atoms with Gasteiger partial charge in [0, 0.05) is 44.1 Å². The first-order valence-corrected chi connectivity index (χ1v) is 8.48. The molecular weight excluding hydrogens is 306 g/mol. The van der Waals surface area contributed by atoms with Crippen LogP contribution in [0.15, 0.2) is 29.0 Å². The summed E-state index contributed by atoms with van der Waals surface area (Å²) < 4.78 is 5.03. The summed E-state index contributed by atoms with van der Waals surface area (Å²) in [5.41, 5.74) is 0.405. The van der Waals surface area contributed by atoms with Gasteiger partial charge in [-0.15, -0.1) is 0 Å². The average Bonchev–Trinajstić information content (AvgIpc) is 3.16. The third-order valence-electron chi connectivity index (χ3n) is 5.09. The molecule has 0 spiro atoms. The number of rotatable bonds is 2. The Bertz CT molecular complexity index is 717. The van der Waals surface area contributed by atoms with Gasteiger partial charge in [0.2, 0.25) is 5.95 Å². The van der Waals surface area contributed by atoms with Gasteiger partial charge in [0.15, 0.2) is 5.69 Å². The predicted octanol–water partition coefficient (Wildman–Crippen LogP) is 1.90. The fourth-order valence-corrected chi connectivity index (χ4v) is 3.89. The first-order valence-electron chi connectivity index (χ1n) is 8.48. The van der Waals surface area contributed by atoms with Gasteiger partial charge in [-0.05, 0) is 38.2 Å². The minimum Gasteiger partial charge on any atom is -0.361 e. The molecule has 2 saturated heterocycles. The van der Waals surface area contributed by atoms with Crippen LogP contribution >= 0.6 is 0 Å². The quantitative estimate of drug-likeness (QED) is 0.838. The molecule has 4 heterocycles. The molecular formula is C17H21N5O2. The summed E-state index contributed by atoms with van der Waals surface area (Å²) in [6.07, 6.45) is 6.65. The van der Waals surface area contributed by atoms with Crippen LogP contribution in [-0.2, 0) is 0 Å². The molecule has 126 valence electrons. The maximum Gasteiger partial charge on any atom is 0.276 e. The number of anilines is 1. The molecule has 2 atom stereocenters. The van der Waals surface area contributed by atoms with Crippen LogP contribution in [0.5, 0.6) is 0 Å². The molecule has 0 radical (unpaired) electrons. The van der Waals surface area contributed by atoms with E-state index in [9.17, 15) is 4.79 Å². The van der Waals surface area contributed by atoms with Crippen molar-refractivity contribution in [2.75, 3.05) is 24.5 Å². The van der Waals surface area contributed by atoms with Gasteiger partial charge in [-0.25, -0.2) is 9.97 Å². The second-order valence-corrected chi connectivity index (χ2v) is 6.55. The second kappa shape index (κ2) is 6.22. The van der Waals surface area contributed by atoms with E-state index < -0.39 is 0 Å². The number of carbonyl (C=O) groups excluding carboxylic acids is 1. The molecule has 0 aromatic carbocycles. The smallest absolute Gasteiger partial charge is 0.276 e. The van der Waals surface area contributed by atoms with E-state index in [1.54, 1.807) is 25.4 Å². The van der Waals surface area contributed by atoms with Crippen LogP contribution in [0.4, 0.5) is 5.95 Å². The lowest BCUT2D eigenvalue weighted by Crippen LogP contribution is -2.36. The number of carbonyl (C=O) groups is 1. The van der Waals surface area contributed by atoms with Gasteiger partial charge in [-0.1, -0.05) is 5.16 Å². The Morgan fingerprint density at radius 3 is 2.67 bits per heavy atom. The molecule has 0 N–H and O–H groups in total. The van der Waals surface area contributed by atoms with Crippen LogP contribution in [0.3, 0.4) is 0 Å². The number of fused-ring (bicyclic) bond motifs is 1. The van der Waals surface area contributed by atoms with Crippen LogP contribution < -0.4 is 4.90 Å². The van der Waals surface area contributed by atoms with Crippen molar-refractivity contribution in [3.05, 3.63) is 36.0 Å². The maximum atomic E-state index is 12.6. The lowest BCUT2D eigenvalue weighted by Gasteiger charge is -2.26. The van der Waals surface area contributed by atoms with Crippen molar-refractivity contribution in [1.29, 1.82) is 0 Å². The van der Waals surface area contributed by atoms with Crippen molar-refractivity contribution in [1.82, 2.24) is 20.0 Å². The molecule has 2 aromatic heterocycles. The highest BCUT2D eigenvalue weighted by molar-refractivity contribution is 5.92. The predicted molar refractivity (Wildman–Crippen MR) is 87.7 cm³/mol. The molecule has 2 fully saturated rings. The third kappa shape index (κ3) is 2.74. The van der Waals surface area contributed by atoms with Gasteiger partial charge in [-0.3, -0.25) is 4.79 Å². The average molecular weight is 327 g/mol. The molecule has 2 aliphatic rings. The fraction of sp³-hybridized carbons (Fsp3) is 0.529. The van der Waals surface area contributed by atoms with Crippen molar-refractivity contribution in [3.8, 4) is 0 Å². The number of nitrogens with zero attached hydrogens (tertiary/aromatic N) is 5. The monoisotopic (exact) mass is 327 g/mol. The molecule has 0 bridgehead atoms. The van der Waals surface area contributed by atoms with E-state index in [2.05, 4.69) is 20.0 Å². The zero-order chi connectivity index (χ0) is 16.5. The summed E-state index contributed by atoms with van der Waals surface area (Å²) in [6, 6.07) is 3.95. The van der Waals surface area contributed by atoms with Crippen molar-refractivity contribution < 1.29 is 9.32 Å². The van der Waals surface area contributed by atoms with Crippen LogP contribution in [0.2, 0.25) is 0 Å². The van der Waals surface area contributed by atoms with E-state index in [0.717, 1.165) is 44.8 Å². The fourth-order valence-electron chi connectivity index (χ4n) is 3.89. The number of aryl methyl sites for hydroxylation is 1. The first kappa shape index (κ1) is 15.1. The Hall–Kier alpha value is -2.44. The molecule has 2 unspecified atom stereocenters. The highest BCUT2D eigenvalue weighted by Gasteiger charge is 2.38. The van der Waals surface area contributed by atoms with Gasteiger partial charge >= 0.3 is 0 Å². The summed E-state index contributed by atoms with van der Waals surface area (Å²) in [5, 5.41) is 3.86. The van der Waals surface area contributed by atoms with Crippen LogP contribution in [0.1, 0.15) is 35.5 Å². The van der Waals surface area contributed by atoms with Crippen LogP contribution in [0, 0.1) is 12.8 Å². The largest absolute Gasteiger partial charge is 0.361 e. The van der Waals surface area contributed by atoms with Gasteiger partial charge < -0.3 is 14.3 Å². The summed E-state index contributed by atoms with van der Waals surface area (Å²) in [6.45, 7) is 4.30. The summed E-state index contributed by atoms with van der Waals surface area (Å²) in [7, 11) is 0. The summed E-state index contributed by atoms with van der Waals surface area (Å²) in [4.78, 5) is 25.6. The number of aromatic nitrogens is 3. The number of hydrogen-bond acceptors (Lipinski definition) is 6. The number of amides is 1. The number of likely N-dealkylation sites (tertiary alicyclic amines) is 1. The Morgan fingerprint density at radius 1 is 1.17 bits per heavy atom. The topological polar surface area (TPSA) is 75.4 Å². The van der Waals surface area contributed by atoms with E-state index in [1.165, 1.54) is 0 Å². The second-order valence-electron chi connectivity index (χ2n) is 6.55. The standard InChI is InChI=1S/C17H21N5O2/c1-12-11-14(20-24-12)16(23)21-8-3-13-4-10-22(15(13)5-9-21)17-18-6-2-7-19-17/h2,6-7,11,13,15H,3-5,8-10H2,1H3. The molecule has 2 aliphatic heterocycles. The van der Waals surface area contributed by atoms with Gasteiger partial charge in [0.1, 0.15) is 5.76 Å². The molecule has 0 aliphatic carbocycles. The molecule has 7 nitrogen and oxygen atoms in total. The SMILES string of the molecule is Cc1cc(C(=O)N2CCC3CCN(c4ncccn4)C3CC2)no1.